The van der Waals surface area contributed by atoms with Crippen molar-refractivity contribution in [2.24, 2.45) is 0 Å². The van der Waals surface area contributed by atoms with Gasteiger partial charge in [0.25, 0.3) is 0 Å². The molecule has 0 aliphatic carbocycles. The van der Waals surface area contributed by atoms with E-state index < -0.39 is 23.8 Å². The average Bonchev–Trinajstić information content (AvgIpc) is 2.78. The molecule has 1 atom stereocenters. The van der Waals surface area contributed by atoms with Gasteiger partial charge < -0.3 is 19.4 Å². The minimum Gasteiger partial charge on any atom is -0.462 e. The van der Waals surface area contributed by atoms with E-state index in [2.05, 4.69) is 4.98 Å². The van der Waals surface area contributed by atoms with Crippen molar-refractivity contribution < 1.29 is 28.7 Å². The molecule has 0 aromatic carbocycles. The summed E-state index contributed by atoms with van der Waals surface area (Å²) in [6.45, 7) is 7.10. The molecule has 1 aromatic heterocycles. The van der Waals surface area contributed by atoms with E-state index in [0.29, 0.717) is 29.8 Å². The number of H-pyrrole nitrogens is 1. The maximum atomic E-state index is 12.7. The molecule has 0 spiro atoms. The molecule has 8 nitrogen and oxygen atoms in total. The molecule has 8 heteroatoms. The first kappa shape index (κ1) is 21.7. The van der Waals surface area contributed by atoms with Gasteiger partial charge in [-0.15, -0.1) is 0 Å². The van der Waals surface area contributed by atoms with Crippen molar-refractivity contribution >= 4 is 23.6 Å². The summed E-state index contributed by atoms with van der Waals surface area (Å²) in [6, 6.07) is 0. The molecule has 1 aliphatic rings. The smallest absolute Gasteiger partial charge is 0.340 e. The summed E-state index contributed by atoms with van der Waals surface area (Å²) in [5.41, 5.74) is 1.52. The van der Waals surface area contributed by atoms with E-state index in [9.17, 15) is 19.2 Å². The van der Waals surface area contributed by atoms with Gasteiger partial charge in [-0.3, -0.25) is 14.4 Å². The topological polar surface area (TPSA) is 106 Å². The van der Waals surface area contributed by atoms with Crippen LogP contribution >= 0.6 is 0 Å². The Morgan fingerprint density at radius 2 is 1.89 bits per heavy atom. The van der Waals surface area contributed by atoms with Gasteiger partial charge in [-0.05, 0) is 46.1 Å². The first-order valence-electron chi connectivity index (χ1n) is 9.64. The number of aromatic amines is 1. The van der Waals surface area contributed by atoms with Crippen molar-refractivity contribution in [3.05, 3.63) is 22.5 Å². The Bertz CT molecular complexity index is 767. The molecule has 1 aliphatic heterocycles. The van der Waals surface area contributed by atoms with Crippen LogP contribution in [0, 0.1) is 13.8 Å². The lowest BCUT2D eigenvalue weighted by Gasteiger charge is -2.20. The lowest BCUT2D eigenvalue weighted by molar-refractivity contribution is -0.151. The van der Waals surface area contributed by atoms with Crippen molar-refractivity contribution in [3.63, 3.8) is 0 Å². The molecular formula is C20H28N2O6. The summed E-state index contributed by atoms with van der Waals surface area (Å²) in [5, 5.41) is 0. The average molecular weight is 392 g/mol. The summed E-state index contributed by atoms with van der Waals surface area (Å²) in [6.07, 6.45) is 2.03. The maximum absolute atomic E-state index is 12.7. The van der Waals surface area contributed by atoms with E-state index in [0.717, 1.165) is 19.3 Å². The standard InChI is InChI=1S/C20H28N2O6/c1-5-27-20(26)17-12(2)18(21-13(17)3)19(25)14(4)28-16(24)11-22-10-8-6-7-9-15(22)23/h14,21H,5-11H2,1-4H3/t14-/m0/s1. The van der Waals surface area contributed by atoms with Crippen LogP contribution in [0.15, 0.2) is 0 Å². The normalized spacial score (nSPS) is 15.7. The summed E-state index contributed by atoms with van der Waals surface area (Å²) in [7, 11) is 0. The van der Waals surface area contributed by atoms with Gasteiger partial charge in [-0.2, -0.15) is 0 Å². The van der Waals surface area contributed by atoms with Gasteiger partial charge in [-0.25, -0.2) is 4.79 Å². The number of rotatable bonds is 7. The predicted molar refractivity (Wildman–Crippen MR) is 101 cm³/mol. The second-order valence-electron chi connectivity index (χ2n) is 6.97. The molecule has 1 N–H and O–H groups in total. The van der Waals surface area contributed by atoms with Gasteiger partial charge in [0, 0.05) is 18.7 Å². The van der Waals surface area contributed by atoms with E-state index in [-0.39, 0.29) is 24.8 Å². The number of Topliss-reactive ketones (excluding diaryl/α,β-unsaturated/α-hetero) is 1. The first-order chi connectivity index (χ1) is 13.3. The fourth-order valence-corrected chi connectivity index (χ4v) is 3.36. The summed E-state index contributed by atoms with van der Waals surface area (Å²) in [5.74, 6) is -1.63. The van der Waals surface area contributed by atoms with E-state index in [1.165, 1.54) is 11.8 Å². The van der Waals surface area contributed by atoms with Gasteiger partial charge in [-0.1, -0.05) is 6.42 Å². The summed E-state index contributed by atoms with van der Waals surface area (Å²) < 4.78 is 10.3. The molecule has 0 unspecified atom stereocenters. The Hall–Kier alpha value is -2.64. The van der Waals surface area contributed by atoms with Crippen LogP contribution in [0.25, 0.3) is 0 Å². The zero-order valence-corrected chi connectivity index (χ0v) is 16.9. The molecule has 2 heterocycles. The van der Waals surface area contributed by atoms with Crippen LogP contribution in [0.2, 0.25) is 0 Å². The first-order valence-corrected chi connectivity index (χ1v) is 9.64. The van der Waals surface area contributed by atoms with E-state index >= 15 is 0 Å². The Balaban J connectivity index is 2.04. The number of nitrogens with one attached hydrogen (secondary N) is 1. The molecule has 2 rings (SSSR count). The third-order valence-corrected chi connectivity index (χ3v) is 4.83. The largest absolute Gasteiger partial charge is 0.462 e. The highest BCUT2D eigenvalue weighted by molar-refractivity contribution is 6.04. The predicted octanol–water partition coefficient (Wildman–Crippen LogP) is 2.33. The number of hydrogen-bond acceptors (Lipinski definition) is 6. The molecule has 28 heavy (non-hydrogen) atoms. The molecule has 1 saturated heterocycles. The summed E-state index contributed by atoms with van der Waals surface area (Å²) in [4.78, 5) is 53.4. The number of ether oxygens (including phenoxy) is 2. The molecule has 1 aromatic rings. The third kappa shape index (κ3) is 4.99. The van der Waals surface area contributed by atoms with Gasteiger partial charge in [0.05, 0.1) is 17.9 Å². The monoisotopic (exact) mass is 392 g/mol. The third-order valence-electron chi connectivity index (χ3n) is 4.83. The van der Waals surface area contributed by atoms with Crippen molar-refractivity contribution in [1.29, 1.82) is 0 Å². The van der Waals surface area contributed by atoms with Gasteiger partial charge in [0.2, 0.25) is 11.7 Å². The highest BCUT2D eigenvalue weighted by atomic mass is 16.5. The number of carbonyl (C=O) groups is 4. The lowest BCUT2D eigenvalue weighted by Crippen LogP contribution is -2.38. The molecule has 0 radical (unpaired) electrons. The van der Waals surface area contributed by atoms with Gasteiger partial charge >= 0.3 is 11.9 Å². The number of nitrogens with zero attached hydrogens (tertiary/aromatic N) is 1. The maximum Gasteiger partial charge on any atom is 0.340 e. The van der Waals surface area contributed by atoms with Crippen LogP contribution in [-0.2, 0) is 19.1 Å². The number of hydrogen-bond donors (Lipinski definition) is 1. The van der Waals surface area contributed by atoms with Crippen molar-refractivity contribution in [3.8, 4) is 0 Å². The van der Waals surface area contributed by atoms with Crippen LogP contribution in [0.4, 0.5) is 0 Å². The van der Waals surface area contributed by atoms with E-state index in [1.54, 1.807) is 20.8 Å². The van der Waals surface area contributed by atoms with Crippen LogP contribution in [0.1, 0.15) is 71.6 Å². The Morgan fingerprint density at radius 1 is 1.18 bits per heavy atom. The number of aromatic nitrogens is 1. The summed E-state index contributed by atoms with van der Waals surface area (Å²) >= 11 is 0. The molecule has 0 saturated carbocycles. The highest BCUT2D eigenvalue weighted by Gasteiger charge is 2.28. The van der Waals surface area contributed by atoms with Gasteiger partial charge in [0.1, 0.15) is 6.54 Å². The van der Waals surface area contributed by atoms with Crippen LogP contribution < -0.4 is 0 Å². The van der Waals surface area contributed by atoms with Crippen molar-refractivity contribution in [2.75, 3.05) is 19.7 Å². The zero-order valence-electron chi connectivity index (χ0n) is 16.9. The SMILES string of the molecule is CCOC(=O)c1c(C)[nH]c(C(=O)[C@H](C)OC(=O)CN2CCCCCC2=O)c1C. The molecular weight excluding hydrogens is 364 g/mol. The van der Waals surface area contributed by atoms with Crippen LogP contribution in [0.3, 0.4) is 0 Å². The molecule has 154 valence electrons. The number of carbonyl (C=O) groups excluding carboxylic acids is 4. The lowest BCUT2D eigenvalue weighted by atomic mass is 10.1. The molecule has 1 fully saturated rings. The van der Waals surface area contributed by atoms with Gasteiger partial charge in [0.15, 0.2) is 6.10 Å². The molecule has 0 bridgehead atoms. The van der Waals surface area contributed by atoms with E-state index in [4.69, 9.17) is 9.47 Å². The quantitative estimate of drug-likeness (QED) is 0.564. The Morgan fingerprint density at radius 3 is 2.57 bits per heavy atom. The minimum atomic E-state index is -1.04. The van der Waals surface area contributed by atoms with Crippen molar-refractivity contribution in [2.45, 2.75) is 59.5 Å². The van der Waals surface area contributed by atoms with Crippen LogP contribution in [0.5, 0.6) is 0 Å². The Labute approximate surface area is 164 Å². The number of esters is 2. The Kier molecular flexibility index (Phi) is 7.37. The second-order valence-corrected chi connectivity index (χ2v) is 6.97. The minimum absolute atomic E-state index is 0.0663. The van der Waals surface area contributed by atoms with Crippen LogP contribution in [-0.4, -0.2) is 59.3 Å². The van der Waals surface area contributed by atoms with E-state index in [1.807, 2.05) is 0 Å². The second kappa shape index (κ2) is 9.52. The fraction of sp³-hybridized carbons (Fsp3) is 0.600. The number of likely N-dealkylation sites (tertiary alicyclic amines) is 1. The molecule has 1 amide bonds. The van der Waals surface area contributed by atoms with Crippen molar-refractivity contribution in [1.82, 2.24) is 9.88 Å². The highest BCUT2D eigenvalue weighted by Crippen LogP contribution is 2.21. The number of amides is 1. The fourth-order valence-electron chi connectivity index (χ4n) is 3.36. The number of ketones is 1. The number of aryl methyl sites for hydroxylation is 1. The zero-order chi connectivity index (χ0) is 20.8.